The number of benzene rings is 1. The molecule has 0 aliphatic rings. The summed E-state index contributed by atoms with van der Waals surface area (Å²) in [6, 6.07) is 7.56. The molecule has 2 heteroatoms. The van der Waals surface area contributed by atoms with Gasteiger partial charge in [0.05, 0.1) is 0 Å². The molecule has 0 heterocycles. The first-order chi connectivity index (χ1) is 7.65. The van der Waals surface area contributed by atoms with E-state index >= 15 is 0 Å². The molecule has 0 amide bonds. The molecule has 1 unspecified atom stereocenters. The van der Waals surface area contributed by atoms with Gasteiger partial charge in [-0.2, -0.15) is 0 Å². The van der Waals surface area contributed by atoms with Crippen LogP contribution in [0.15, 0.2) is 24.3 Å². The van der Waals surface area contributed by atoms with Gasteiger partial charge in [0.1, 0.15) is 5.82 Å². The van der Waals surface area contributed by atoms with Crippen LogP contribution in [0.5, 0.6) is 0 Å². The lowest BCUT2D eigenvalue weighted by atomic mass is 9.94. The normalized spacial score (nSPS) is 13.1. The number of rotatable bonds is 6. The number of nitrogens with one attached hydrogen (secondary N) is 1. The van der Waals surface area contributed by atoms with E-state index in [1.165, 1.54) is 0 Å². The van der Waals surface area contributed by atoms with Gasteiger partial charge in [0.2, 0.25) is 0 Å². The summed E-state index contributed by atoms with van der Waals surface area (Å²) >= 11 is 0. The Hall–Kier alpha value is -0.890. The minimum atomic E-state index is -0.0773. The second-order valence-corrected chi connectivity index (χ2v) is 4.57. The first-order valence-electron chi connectivity index (χ1n) is 6.13. The van der Waals surface area contributed by atoms with E-state index in [2.05, 4.69) is 26.1 Å². The highest BCUT2D eigenvalue weighted by atomic mass is 19.1. The molecule has 0 saturated carbocycles. The predicted octanol–water partition coefficient (Wildman–Crippen LogP) is 3.71. The van der Waals surface area contributed by atoms with Crippen LogP contribution in [0.1, 0.15) is 45.1 Å². The fraction of sp³-hybridized carbons (Fsp3) is 0.571. The number of hydrogen-bond acceptors (Lipinski definition) is 1. The lowest BCUT2D eigenvalue weighted by Crippen LogP contribution is -2.28. The van der Waals surface area contributed by atoms with Gasteiger partial charge >= 0.3 is 0 Å². The van der Waals surface area contributed by atoms with Gasteiger partial charge in [0.15, 0.2) is 0 Å². The van der Waals surface area contributed by atoms with Crippen molar-refractivity contribution in [2.75, 3.05) is 6.54 Å². The molecule has 16 heavy (non-hydrogen) atoms. The van der Waals surface area contributed by atoms with Crippen molar-refractivity contribution < 1.29 is 4.39 Å². The van der Waals surface area contributed by atoms with Gasteiger partial charge in [-0.3, -0.25) is 0 Å². The molecule has 1 rings (SSSR count). The van der Waals surface area contributed by atoms with E-state index in [9.17, 15) is 4.39 Å². The van der Waals surface area contributed by atoms with Crippen LogP contribution in [-0.2, 0) is 0 Å². The van der Waals surface area contributed by atoms with E-state index in [-0.39, 0.29) is 11.7 Å². The van der Waals surface area contributed by atoms with Crippen LogP contribution in [0.2, 0.25) is 0 Å². The SMILES string of the molecule is CCCC(CNC(C)C)c1ccccc1F. The topological polar surface area (TPSA) is 12.0 Å². The van der Waals surface area contributed by atoms with E-state index in [1.807, 2.05) is 12.1 Å². The molecule has 90 valence electrons. The van der Waals surface area contributed by atoms with Crippen LogP contribution in [0.3, 0.4) is 0 Å². The molecular weight excluding hydrogens is 201 g/mol. The summed E-state index contributed by atoms with van der Waals surface area (Å²) in [7, 11) is 0. The Morgan fingerprint density at radius 2 is 1.94 bits per heavy atom. The Labute approximate surface area is 98.1 Å². The molecule has 1 N–H and O–H groups in total. The Morgan fingerprint density at radius 3 is 2.50 bits per heavy atom. The average molecular weight is 223 g/mol. The van der Waals surface area contributed by atoms with Crippen molar-refractivity contribution in [2.24, 2.45) is 0 Å². The van der Waals surface area contributed by atoms with Crippen molar-refractivity contribution in [3.63, 3.8) is 0 Å². The summed E-state index contributed by atoms with van der Waals surface area (Å²) in [6.07, 6.45) is 2.11. The summed E-state index contributed by atoms with van der Waals surface area (Å²) in [4.78, 5) is 0. The third kappa shape index (κ3) is 3.93. The van der Waals surface area contributed by atoms with Crippen LogP contribution in [-0.4, -0.2) is 12.6 Å². The quantitative estimate of drug-likeness (QED) is 0.775. The van der Waals surface area contributed by atoms with Crippen molar-refractivity contribution >= 4 is 0 Å². The van der Waals surface area contributed by atoms with E-state index < -0.39 is 0 Å². The van der Waals surface area contributed by atoms with Crippen molar-refractivity contribution in [1.29, 1.82) is 0 Å². The zero-order valence-electron chi connectivity index (χ0n) is 10.5. The highest BCUT2D eigenvalue weighted by molar-refractivity contribution is 5.22. The zero-order valence-corrected chi connectivity index (χ0v) is 10.5. The van der Waals surface area contributed by atoms with E-state index in [4.69, 9.17) is 0 Å². The molecule has 1 nitrogen and oxygen atoms in total. The average Bonchev–Trinajstić information content (AvgIpc) is 2.25. The Balaban J connectivity index is 2.73. The molecule has 0 fully saturated rings. The zero-order chi connectivity index (χ0) is 12.0. The lowest BCUT2D eigenvalue weighted by Gasteiger charge is -2.19. The number of halogens is 1. The molecule has 0 spiro atoms. The van der Waals surface area contributed by atoms with Gasteiger partial charge in [-0.05, 0) is 24.0 Å². The van der Waals surface area contributed by atoms with Crippen LogP contribution in [0.25, 0.3) is 0 Å². The molecule has 1 aromatic rings. The first kappa shape index (κ1) is 13.2. The lowest BCUT2D eigenvalue weighted by molar-refractivity contribution is 0.485. The molecule has 1 aromatic carbocycles. The van der Waals surface area contributed by atoms with Crippen molar-refractivity contribution in [3.8, 4) is 0 Å². The van der Waals surface area contributed by atoms with Crippen molar-refractivity contribution in [2.45, 2.75) is 45.6 Å². The summed E-state index contributed by atoms with van der Waals surface area (Å²) in [5, 5.41) is 3.39. The first-order valence-corrected chi connectivity index (χ1v) is 6.13. The maximum absolute atomic E-state index is 13.7. The van der Waals surface area contributed by atoms with Gasteiger partial charge in [0.25, 0.3) is 0 Å². The van der Waals surface area contributed by atoms with Crippen LogP contribution in [0.4, 0.5) is 4.39 Å². The van der Waals surface area contributed by atoms with E-state index in [1.54, 1.807) is 12.1 Å². The fourth-order valence-electron chi connectivity index (χ4n) is 1.90. The second-order valence-electron chi connectivity index (χ2n) is 4.57. The molecule has 0 aromatic heterocycles. The Bertz CT molecular complexity index is 309. The minimum Gasteiger partial charge on any atom is -0.314 e. The van der Waals surface area contributed by atoms with Crippen LogP contribution in [0, 0.1) is 5.82 Å². The summed E-state index contributed by atoms with van der Waals surface area (Å²) in [5.41, 5.74) is 0.845. The van der Waals surface area contributed by atoms with Crippen molar-refractivity contribution in [1.82, 2.24) is 5.32 Å². The monoisotopic (exact) mass is 223 g/mol. The third-order valence-electron chi connectivity index (χ3n) is 2.75. The van der Waals surface area contributed by atoms with E-state index in [0.717, 1.165) is 24.9 Å². The summed E-state index contributed by atoms with van der Waals surface area (Å²) in [6.45, 7) is 7.23. The minimum absolute atomic E-state index is 0.0773. The Kier molecular flexibility index (Phi) is 5.47. The predicted molar refractivity (Wildman–Crippen MR) is 67.2 cm³/mol. The third-order valence-corrected chi connectivity index (χ3v) is 2.75. The molecule has 0 aliphatic heterocycles. The van der Waals surface area contributed by atoms with Crippen molar-refractivity contribution in [3.05, 3.63) is 35.6 Å². The molecular formula is C14H22FN. The van der Waals surface area contributed by atoms with Gasteiger partial charge < -0.3 is 5.32 Å². The van der Waals surface area contributed by atoms with E-state index in [0.29, 0.717) is 6.04 Å². The standard InChI is InChI=1S/C14H22FN/c1-4-7-12(10-16-11(2)3)13-8-5-6-9-14(13)15/h5-6,8-9,11-12,16H,4,7,10H2,1-3H3. The van der Waals surface area contributed by atoms with Crippen LogP contribution < -0.4 is 5.32 Å². The second kappa shape index (κ2) is 6.64. The smallest absolute Gasteiger partial charge is 0.126 e. The fourth-order valence-corrected chi connectivity index (χ4v) is 1.90. The molecule has 0 bridgehead atoms. The maximum Gasteiger partial charge on any atom is 0.126 e. The van der Waals surface area contributed by atoms with Gasteiger partial charge in [-0.1, -0.05) is 45.4 Å². The largest absolute Gasteiger partial charge is 0.314 e. The molecule has 0 radical (unpaired) electrons. The highest BCUT2D eigenvalue weighted by Crippen LogP contribution is 2.23. The summed E-state index contributed by atoms with van der Waals surface area (Å²) < 4.78 is 13.7. The Morgan fingerprint density at radius 1 is 1.25 bits per heavy atom. The molecule has 0 aliphatic carbocycles. The van der Waals surface area contributed by atoms with Crippen LogP contribution >= 0.6 is 0 Å². The summed E-state index contributed by atoms with van der Waals surface area (Å²) in [5.74, 6) is 0.208. The maximum atomic E-state index is 13.7. The van der Waals surface area contributed by atoms with Gasteiger partial charge in [-0.15, -0.1) is 0 Å². The molecule has 0 saturated heterocycles. The highest BCUT2D eigenvalue weighted by Gasteiger charge is 2.14. The van der Waals surface area contributed by atoms with Gasteiger partial charge in [-0.25, -0.2) is 4.39 Å². The van der Waals surface area contributed by atoms with Gasteiger partial charge in [0, 0.05) is 12.6 Å². The number of hydrogen-bond donors (Lipinski definition) is 1. The molecule has 1 atom stereocenters.